The number of hydrogen-bond acceptors (Lipinski definition) is 1. The van der Waals surface area contributed by atoms with E-state index in [1.807, 2.05) is 0 Å². The van der Waals surface area contributed by atoms with E-state index in [2.05, 4.69) is 99.8 Å². The number of allylic oxidation sites excluding steroid dienone is 2. The van der Waals surface area contributed by atoms with Gasteiger partial charge in [0.1, 0.15) is 8.80 Å². The van der Waals surface area contributed by atoms with Crippen molar-refractivity contribution in [1.29, 1.82) is 0 Å². The molecule has 1 N–H and O–H groups in total. The van der Waals surface area contributed by atoms with Crippen molar-refractivity contribution in [3.63, 3.8) is 0 Å². The second kappa shape index (κ2) is 6.36. The van der Waals surface area contributed by atoms with Crippen molar-refractivity contribution >= 4 is 19.2 Å². The predicted octanol–water partition coefficient (Wildman–Crippen LogP) is 3.74. The molecule has 2 aromatic carbocycles. The van der Waals surface area contributed by atoms with Crippen LogP contribution in [0.3, 0.4) is 0 Å². The zero-order valence-electron chi connectivity index (χ0n) is 16.3. The molecule has 26 heavy (non-hydrogen) atoms. The molecule has 1 saturated carbocycles. The first kappa shape index (κ1) is 17.5. The molecule has 0 bridgehead atoms. The molecule has 2 heteroatoms. The molecule has 134 valence electrons. The molecule has 0 spiro atoms. The van der Waals surface area contributed by atoms with Crippen LogP contribution in [0.25, 0.3) is 0 Å². The maximum atomic E-state index is 4.18. The molecule has 4 rings (SSSR count). The minimum absolute atomic E-state index is 0.0144. The van der Waals surface area contributed by atoms with Gasteiger partial charge < -0.3 is 5.32 Å². The Kier molecular flexibility index (Phi) is 4.29. The topological polar surface area (TPSA) is 12.0 Å². The monoisotopic (exact) mass is 359 g/mol. The van der Waals surface area contributed by atoms with Crippen molar-refractivity contribution in [1.82, 2.24) is 5.32 Å². The van der Waals surface area contributed by atoms with Crippen LogP contribution in [0.2, 0.25) is 0 Å². The Balaban J connectivity index is 1.75. The zero-order valence-corrected chi connectivity index (χ0v) is 17.5. The van der Waals surface area contributed by atoms with Gasteiger partial charge in [-0.1, -0.05) is 82.7 Å². The molecule has 0 heterocycles. The fourth-order valence-electron chi connectivity index (χ4n) is 4.72. The third-order valence-corrected chi connectivity index (χ3v) is 10.5. The molecule has 0 amide bonds. The lowest BCUT2D eigenvalue weighted by atomic mass is 9.95. The quantitative estimate of drug-likeness (QED) is 0.802. The largest absolute Gasteiger partial charge is 0.301 e. The first-order chi connectivity index (χ1) is 12.5. The second-order valence-corrected chi connectivity index (χ2v) is 11.6. The van der Waals surface area contributed by atoms with E-state index in [0.717, 1.165) is 0 Å². The van der Waals surface area contributed by atoms with Crippen molar-refractivity contribution in [2.24, 2.45) is 0 Å². The zero-order chi connectivity index (χ0) is 18.4. The van der Waals surface area contributed by atoms with Crippen LogP contribution in [-0.2, 0) is 0 Å². The van der Waals surface area contributed by atoms with Crippen LogP contribution in [-0.4, -0.2) is 19.5 Å². The highest BCUT2D eigenvalue weighted by molar-refractivity contribution is 6.88. The summed E-state index contributed by atoms with van der Waals surface area (Å²) < 4.78 is 0. The Bertz CT molecular complexity index is 822. The molecule has 1 nitrogen and oxygen atoms in total. The molecular formula is C24H29NSi. The molecule has 2 aliphatic carbocycles. The van der Waals surface area contributed by atoms with Crippen LogP contribution < -0.4 is 15.7 Å². The minimum atomic E-state index is -1.38. The van der Waals surface area contributed by atoms with Crippen molar-refractivity contribution < 1.29 is 0 Å². The van der Waals surface area contributed by atoms with Gasteiger partial charge in [0.2, 0.25) is 0 Å². The molecule has 0 saturated heterocycles. The predicted molar refractivity (Wildman–Crippen MR) is 115 cm³/mol. The van der Waals surface area contributed by atoms with E-state index >= 15 is 0 Å². The molecule has 0 aliphatic heterocycles. The third kappa shape index (κ3) is 2.91. The van der Waals surface area contributed by atoms with Crippen LogP contribution >= 0.6 is 0 Å². The maximum absolute atomic E-state index is 4.18. The number of benzene rings is 2. The highest BCUT2D eigenvalue weighted by Crippen LogP contribution is 2.43. The lowest BCUT2D eigenvalue weighted by Gasteiger charge is -2.37. The average molecular weight is 360 g/mol. The van der Waals surface area contributed by atoms with Gasteiger partial charge in [-0.05, 0) is 51.7 Å². The number of hydrogen-bond donors (Lipinski definition) is 1. The molecule has 1 fully saturated rings. The summed E-state index contributed by atoms with van der Waals surface area (Å²) in [4.78, 5) is 0. The summed E-state index contributed by atoms with van der Waals surface area (Å²) >= 11 is 0. The van der Waals surface area contributed by atoms with Crippen LogP contribution in [0, 0.1) is 0 Å². The van der Waals surface area contributed by atoms with Gasteiger partial charge >= 0.3 is 0 Å². The van der Waals surface area contributed by atoms with E-state index in [-0.39, 0.29) is 10.7 Å². The van der Waals surface area contributed by atoms with Crippen LogP contribution in [0.15, 0.2) is 83.5 Å². The highest BCUT2D eigenvalue weighted by Gasteiger charge is 2.54. The fraction of sp³-hybridized carbons (Fsp3) is 0.333. The molecule has 2 aliphatic rings. The average Bonchev–Trinajstić information content (AvgIpc) is 3.38. The Morgan fingerprint density at radius 2 is 1.31 bits per heavy atom. The molecule has 1 unspecified atom stereocenters. The van der Waals surface area contributed by atoms with Gasteiger partial charge in [-0.15, -0.1) is 0 Å². The van der Waals surface area contributed by atoms with E-state index in [4.69, 9.17) is 0 Å². The van der Waals surface area contributed by atoms with Crippen LogP contribution in [0.5, 0.6) is 0 Å². The molecular weight excluding hydrogens is 330 g/mol. The lowest BCUT2D eigenvalue weighted by Crippen LogP contribution is -2.64. The first-order valence-electron chi connectivity index (χ1n) is 9.72. The lowest BCUT2D eigenvalue weighted by molar-refractivity contribution is 0.468. The third-order valence-electron chi connectivity index (χ3n) is 6.55. The van der Waals surface area contributed by atoms with E-state index in [0.29, 0.717) is 0 Å². The summed E-state index contributed by atoms with van der Waals surface area (Å²) in [7, 11) is -1.38. The maximum Gasteiger partial charge on any atom is 0.124 e. The molecule has 0 aromatic heterocycles. The van der Waals surface area contributed by atoms with Crippen molar-refractivity contribution in [2.45, 2.75) is 51.2 Å². The van der Waals surface area contributed by atoms with Gasteiger partial charge in [0.05, 0.1) is 5.54 Å². The minimum Gasteiger partial charge on any atom is -0.301 e. The molecule has 0 radical (unpaired) electrons. The Morgan fingerprint density at radius 1 is 0.808 bits per heavy atom. The summed E-state index contributed by atoms with van der Waals surface area (Å²) in [6, 6.07) is 22.4. The Morgan fingerprint density at radius 3 is 1.69 bits per heavy atom. The van der Waals surface area contributed by atoms with Crippen molar-refractivity contribution in [2.75, 3.05) is 0 Å². The van der Waals surface area contributed by atoms with Gasteiger partial charge in [-0.25, -0.2) is 0 Å². The highest BCUT2D eigenvalue weighted by atomic mass is 28.3. The van der Waals surface area contributed by atoms with Crippen molar-refractivity contribution in [3.8, 4) is 0 Å². The number of rotatable bonds is 5. The van der Waals surface area contributed by atoms with Gasteiger partial charge in [0, 0.05) is 5.16 Å². The molecule has 1 atom stereocenters. The standard InChI is InChI=1S/C24H29NSi/c1-18-17-23(4,20(3)19(18)2)25-24(15-16-24)26(21-11-7-5-8-12-21)22-13-9-6-10-14-22/h5-14,17,25-26H,15-16H2,1-4H3. The molecule has 2 aromatic rings. The van der Waals surface area contributed by atoms with E-state index in [9.17, 15) is 0 Å². The van der Waals surface area contributed by atoms with Crippen LogP contribution in [0.1, 0.15) is 40.5 Å². The summed E-state index contributed by atoms with van der Waals surface area (Å²) in [6.07, 6.45) is 5.00. The summed E-state index contributed by atoms with van der Waals surface area (Å²) in [5.41, 5.74) is 4.34. The van der Waals surface area contributed by atoms with Gasteiger partial charge in [0.15, 0.2) is 0 Å². The normalized spacial score (nSPS) is 24.1. The number of nitrogens with one attached hydrogen (secondary N) is 1. The fourth-order valence-corrected chi connectivity index (χ4v) is 8.76. The summed E-state index contributed by atoms with van der Waals surface area (Å²) in [5, 5.41) is 7.53. The summed E-state index contributed by atoms with van der Waals surface area (Å²) in [5.74, 6) is 0. The van der Waals surface area contributed by atoms with Gasteiger partial charge in [0.25, 0.3) is 0 Å². The second-order valence-electron chi connectivity index (χ2n) is 8.32. The van der Waals surface area contributed by atoms with Crippen LogP contribution in [0.4, 0.5) is 0 Å². The first-order valence-corrected chi connectivity index (χ1v) is 11.5. The Labute approximate surface area is 159 Å². The van der Waals surface area contributed by atoms with Crippen molar-refractivity contribution in [3.05, 3.63) is 83.5 Å². The summed E-state index contributed by atoms with van der Waals surface area (Å²) in [6.45, 7) is 9.17. The van der Waals surface area contributed by atoms with Gasteiger partial charge in [-0.2, -0.15) is 0 Å². The van der Waals surface area contributed by atoms with E-state index < -0.39 is 8.80 Å². The SMILES string of the molecule is CC1=CC(C)(NC2([SiH](c3ccccc3)c3ccccc3)CC2)C(C)=C1C. The smallest absolute Gasteiger partial charge is 0.124 e. The van der Waals surface area contributed by atoms with E-state index in [1.54, 1.807) is 10.4 Å². The van der Waals surface area contributed by atoms with Gasteiger partial charge in [-0.3, -0.25) is 0 Å². The van der Waals surface area contributed by atoms with E-state index in [1.165, 1.54) is 29.6 Å². The Hall–Kier alpha value is -1.90.